The lowest BCUT2D eigenvalue weighted by Crippen LogP contribution is -2.59. The molecule has 12 heteroatoms. The molecule has 0 spiro atoms. The molecule has 0 saturated heterocycles. The summed E-state index contributed by atoms with van der Waals surface area (Å²) in [6, 6.07) is 5.34. The Balaban J connectivity index is 1.61. The van der Waals surface area contributed by atoms with Gasteiger partial charge in [0.1, 0.15) is 0 Å². The minimum atomic E-state index is -4.54. The molecule has 7 nitrogen and oxygen atoms in total. The second-order valence-corrected chi connectivity index (χ2v) is 11.1. The normalized spacial score (nSPS) is 26.6. The molecule has 1 heterocycles. The van der Waals surface area contributed by atoms with Gasteiger partial charge < -0.3 is 10.3 Å². The molecule has 3 aliphatic carbocycles. The lowest BCUT2D eigenvalue weighted by molar-refractivity contribution is -0.143. The van der Waals surface area contributed by atoms with Crippen LogP contribution in [0.1, 0.15) is 37.4 Å². The second kappa shape index (κ2) is 8.33. The quantitative estimate of drug-likeness (QED) is 0.571. The highest BCUT2D eigenvalue weighted by molar-refractivity contribution is 7.92. The predicted octanol–water partition coefficient (Wildman–Crippen LogP) is 3.75. The van der Waals surface area contributed by atoms with Gasteiger partial charge in [-0.25, -0.2) is 8.42 Å². The topological polar surface area (TPSA) is 116 Å². The number of alkyl halides is 3. The average Bonchev–Trinajstić information content (AvgIpc) is 3.15. The van der Waals surface area contributed by atoms with Crippen molar-refractivity contribution in [2.75, 3.05) is 0 Å². The Morgan fingerprint density at radius 3 is 2.41 bits per heavy atom. The van der Waals surface area contributed by atoms with Crippen molar-refractivity contribution in [1.82, 2.24) is 10.1 Å². The molecule has 1 aromatic carbocycles. The first kappa shape index (κ1) is 23.0. The summed E-state index contributed by atoms with van der Waals surface area (Å²) in [5, 5.41) is 2.78. The van der Waals surface area contributed by atoms with Crippen LogP contribution in [-0.4, -0.2) is 35.9 Å². The van der Waals surface area contributed by atoms with Gasteiger partial charge in [-0.3, -0.25) is 4.79 Å². The van der Waals surface area contributed by atoms with Crippen molar-refractivity contribution < 1.29 is 30.9 Å². The average molecular weight is 492 g/mol. The van der Waals surface area contributed by atoms with E-state index >= 15 is 0 Å². The van der Waals surface area contributed by atoms with Crippen LogP contribution in [0, 0.1) is 23.7 Å². The number of primary amides is 1. The maximum absolute atomic E-state index is 13.4. The molecule has 4 unspecified atom stereocenters. The van der Waals surface area contributed by atoms with E-state index in [1.165, 1.54) is 30.7 Å². The molecule has 4 atom stereocenters. The van der Waals surface area contributed by atoms with Crippen molar-refractivity contribution in [3.63, 3.8) is 0 Å². The Hall–Kier alpha value is -2.14. The fraction of sp³-hybridized carbons (Fsp3) is 0.550. The molecule has 0 radical (unpaired) electrons. The highest BCUT2D eigenvalue weighted by Gasteiger charge is 2.64. The number of nitrogens with zero attached hydrogens (tertiary/aromatic N) is 2. The Morgan fingerprint density at radius 1 is 1.25 bits per heavy atom. The van der Waals surface area contributed by atoms with Gasteiger partial charge in [0, 0.05) is 17.4 Å². The van der Waals surface area contributed by atoms with Crippen LogP contribution in [0.15, 0.2) is 40.1 Å². The molecule has 1 amide bonds. The fourth-order valence-corrected chi connectivity index (χ4v) is 7.22. The second-order valence-electron chi connectivity index (χ2n) is 8.48. The summed E-state index contributed by atoms with van der Waals surface area (Å²) in [5.74, 6) is -1.82. The number of benzene rings is 1. The number of rotatable bonds is 9. The fourth-order valence-electron chi connectivity index (χ4n) is 5.05. The first-order valence-corrected chi connectivity index (χ1v) is 12.0. The number of carbonyl (C=O) groups excluding carboxylic acids is 1. The monoisotopic (exact) mass is 491 g/mol. The molecule has 3 saturated carbocycles. The lowest BCUT2D eigenvalue weighted by Gasteiger charge is -2.64. The van der Waals surface area contributed by atoms with E-state index in [0.29, 0.717) is 10.8 Å². The molecule has 174 valence electrons. The van der Waals surface area contributed by atoms with Gasteiger partial charge in [0.25, 0.3) is 0 Å². The molecular formula is C20H21ClF3N3O4S. The first-order chi connectivity index (χ1) is 15.0. The Kier molecular flexibility index (Phi) is 6.00. The summed E-state index contributed by atoms with van der Waals surface area (Å²) in [6.07, 6.45) is -4.41. The Bertz CT molecular complexity index is 1070. The summed E-state index contributed by atoms with van der Waals surface area (Å²) in [5.41, 5.74) is 5.43. The zero-order valence-corrected chi connectivity index (χ0v) is 18.3. The standard InChI is InChI=1S/C20H21ClF3N3O4S/c21-10-1-3-11(4-2-10)32(29,30)16(12(18(25)28)5-6-20(22,23)24)8-13-14-7-15(13)17(14)19-26-9-31-27-19/h1-4,9,12-17H,5-8H2,(H2,25,28). The molecule has 2 bridgehead atoms. The molecule has 32 heavy (non-hydrogen) atoms. The summed E-state index contributed by atoms with van der Waals surface area (Å²) in [7, 11) is -4.15. The van der Waals surface area contributed by atoms with Gasteiger partial charge in [-0.2, -0.15) is 18.2 Å². The summed E-state index contributed by atoms with van der Waals surface area (Å²) < 4.78 is 70.3. The largest absolute Gasteiger partial charge is 0.389 e. The highest BCUT2D eigenvalue weighted by atomic mass is 35.5. The Labute approximate surface area is 187 Å². The van der Waals surface area contributed by atoms with Crippen molar-refractivity contribution in [3.8, 4) is 0 Å². The van der Waals surface area contributed by atoms with Crippen LogP contribution in [0.5, 0.6) is 0 Å². The number of amides is 1. The third-order valence-corrected chi connectivity index (χ3v) is 9.34. The molecule has 3 aliphatic rings. The molecule has 1 aromatic heterocycles. The van der Waals surface area contributed by atoms with E-state index in [2.05, 4.69) is 10.1 Å². The van der Waals surface area contributed by atoms with Gasteiger partial charge in [-0.05, 0) is 61.3 Å². The zero-order chi connectivity index (χ0) is 23.3. The molecule has 5 rings (SSSR count). The van der Waals surface area contributed by atoms with E-state index in [1.54, 1.807) is 0 Å². The van der Waals surface area contributed by atoms with Crippen LogP contribution >= 0.6 is 11.6 Å². The number of hydrogen-bond donors (Lipinski definition) is 1. The van der Waals surface area contributed by atoms with Crippen LogP contribution in [0.4, 0.5) is 13.2 Å². The van der Waals surface area contributed by atoms with Gasteiger partial charge >= 0.3 is 6.18 Å². The van der Waals surface area contributed by atoms with Gasteiger partial charge in [0.15, 0.2) is 15.7 Å². The van der Waals surface area contributed by atoms with Crippen LogP contribution in [0.3, 0.4) is 0 Å². The van der Waals surface area contributed by atoms with Crippen LogP contribution < -0.4 is 5.73 Å². The van der Waals surface area contributed by atoms with Gasteiger partial charge in [-0.15, -0.1) is 0 Å². The number of carbonyl (C=O) groups is 1. The van der Waals surface area contributed by atoms with E-state index in [9.17, 15) is 26.4 Å². The number of halogens is 4. The minimum absolute atomic E-state index is 0.0415. The third-order valence-electron chi connectivity index (χ3n) is 6.84. The Morgan fingerprint density at radius 2 is 1.91 bits per heavy atom. The predicted molar refractivity (Wildman–Crippen MR) is 107 cm³/mol. The van der Waals surface area contributed by atoms with E-state index in [0.717, 1.165) is 6.42 Å². The zero-order valence-electron chi connectivity index (χ0n) is 16.7. The van der Waals surface area contributed by atoms with Crippen LogP contribution in [0.2, 0.25) is 5.02 Å². The van der Waals surface area contributed by atoms with Crippen molar-refractivity contribution in [2.24, 2.45) is 29.4 Å². The number of aromatic nitrogens is 2. The molecule has 2 N–H and O–H groups in total. The van der Waals surface area contributed by atoms with Crippen molar-refractivity contribution in [1.29, 1.82) is 0 Å². The van der Waals surface area contributed by atoms with E-state index < -0.39 is 45.9 Å². The first-order valence-electron chi connectivity index (χ1n) is 10.1. The van der Waals surface area contributed by atoms with Gasteiger partial charge in [-0.1, -0.05) is 16.8 Å². The van der Waals surface area contributed by atoms with E-state index in [-0.39, 0.29) is 35.0 Å². The van der Waals surface area contributed by atoms with E-state index in [4.69, 9.17) is 21.9 Å². The van der Waals surface area contributed by atoms with Gasteiger partial charge in [0.05, 0.1) is 16.1 Å². The number of nitrogens with two attached hydrogens (primary N) is 1. The molecule has 0 aliphatic heterocycles. The van der Waals surface area contributed by atoms with Crippen LogP contribution in [-0.2, 0) is 14.6 Å². The highest BCUT2D eigenvalue weighted by Crippen LogP contribution is 2.69. The minimum Gasteiger partial charge on any atom is -0.369 e. The SMILES string of the molecule is NC(=O)C(CCC(F)(F)F)C(CC1C2CC1C2c1ncon1)S(=O)(=O)c1ccc(Cl)cc1. The van der Waals surface area contributed by atoms with Crippen molar-refractivity contribution >= 4 is 27.3 Å². The maximum Gasteiger partial charge on any atom is 0.389 e. The van der Waals surface area contributed by atoms with Crippen molar-refractivity contribution in [2.45, 2.75) is 47.9 Å². The van der Waals surface area contributed by atoms with E-state index in [1.807, 2.05) is 0 Å². The lowest BCUT2D eigenvalue weighted by atomic mass is 9.40. The summed E-state index contributed by atoms with van der Waals surface area (Å²) in [4.78, 5) is 16.1. The number of hydrogen-bond acceptors (Lipinski definition) is 6. The molecule has 3 fully saturated rings. The van der Waals surface area contributed by atoms with Gasteiger partial charge in [0.2, 0.25) is 12.3 Å². The summed E-state index contributed by atoms with van der Waals surface area (Å²) >= 11 is 5.85. The smallest absolute Gasteiger partial charge is 0.369 e. The third kappa shape index (κ3) is 4.24. The maximum atomic E-state index is 13.4. The molecule has 2 aromatic rings. The molecular weight excluding hydrogens is 471 g/mol. The van der Waals surface area contributed by atoms with Crippen molar-refractivity contribution in [3.05, 3.63) is 41.5 Å². The summed E-state index contributed by atoms with van der Waals surface area (Å²) in [6.45, 7) is 0. The van der Waals surface area contributed by atoms with Crippen LogP contribution in [0.25, 0.3) is 0 Å². The number of sulfone groups is 1.